The third-order valence-corrected chi connectivity index (χ3v) is 4.78. The van der Waals surface area contributed by atoms with Gasteiger partial charge in [-0.1, -0.05) is 36.4 Å². The number of thiophene rings is 1. The lowest BCUT2D eigenvalue weighted by molar-refractivity contribution is 0.135. The summed E-state index contributed by atoms with van der Waals surface area (Å²) in [7, 11) is 0. The topological polar surface area (TPSA) is 35.6 Å². The van der Waals surface area contributed by atoms with Gasteiger partial charge in [0.1, 0.15) is 0 Å². The molecule has 22 heavy (non-hydrogen) atoms. The second-order valence-electron chi connectivity index (χ2n) is 5.49. The fourth-order valence-corrected chi connectivity index (χ4v) is 3.28. The number of nitrogens with zero attached hydrogens (tertiary/aromatic N) is 2. The van der Waals surface area contributed by atoms with E-state index in [1.165, 1.54) is 10.4 Å². The van der Waals surface area contributed by atoms with Crippen molar-refractivity contribution in [2.45, 2.75) is 13.1 Å². The molecule has 2 aromatic rings. The van der Waals surface area contributed by atoms with Crippen LogP contribution in [0.5, 0.6) is 0 Å². The zero-order valence-electron chi connectivity index (χ0n) is 12.6. The SMILES string of the molecule is O=C(NCc1cccs1)N1CCN(Cc2ccccc2)CC1. The fourth-order valence-electron chi connectivity index (χ4n) is 2.64. The van der Waals surface area contributed by atoms with Crippen LogP contribution in [0, 0.1) is 0 Å². The number of carbonyl (C=O) groups is 1. The first kappa shape index (κ1) is 15.1. The highest BCUT2D eigenvalue weighted by Crippen LogP contribution is 2.10. The number of piperazine rings is 1. The Kier molecular flexibility index (Phi) is 5.08. The van der Waals surface area contributed by atoms with E-state index in [9.17, 15) is 4.79 Å². The van der Waals surface area contributed by atoms with Crippen LogP contribution in [0.25, 0.3) is 0 Å². The average Bonchev–Trinajstić information content (AvgIpc) is 3.08. The van der Waals surface area contributed by atoms with E-state index < -0.39 is 0 Å². The van der Waals surface area contributed by atoms with Crippen LogP contribution >= 0.6 is 11.3 Å². The number of carbonyl (C=O) groups excluding carboxylic acids is 1. The average molecular weight is 315 g/mol. The Morgan fingerprint density at radius 3 is 2.50 bits per heavy atom. The van der Waals surface area contributed by atoms with Crippen LogP contribution in [0.4, 0.5) is 4.79 Å². The van der Waals surface area contributed by atoms with E-state index in [-0.39, 0.29) is 6.03 Å². The first-order valence-electron chi connectivity index (χ1n) is 7.63. The van der Waals surface area contributed by atoms with Gasteiger partial charge in [0.25, 0.3) is 0 Å². The summed E-state index contributed by atoms with van der Waals surface area (Å²) >= 11 is 1.67. The minimum atomic E-state index is 0.0489. The van der Waals surface area contributed by atoms with Crippen molar-refractivity contribution in [2.24, 2.45) is 0 Å². The van der Waals surface area contributed by atoms with Gasteiger partial charge in [0.15, 0.2) is 0 Å². The van der Waals surface area contributed by atoms with Crippen molar-refractivity contribution in [2.75, 3.05) is 26.2 Å². The number of nitrogens with one attached hydrogen (secondary N) is 1. The molecule has 0 bridgehead atoms. The number of rotatable bonds is 4. The van der Waals surface area contributed by atoms with E-state index >= 15 is 0 Å². The molecule has 2 amide bonds. The van der Waals surface area contributed by atoms with Crippen molar-refractivity contribution in [3.8, 4) is 0 Å². The van der Waals surface area contributed by atoms with Gasteiger partial charge in [-0.15, -0.1) is 11.3 Å². The maximum atomic E-state index is 12.2. The minimum absolute atomic E-state index is 0.0489. The smallest absolute Gasteiger partial charge is 0.317 e. The number of hydrogen-bond acceptors (Lipinski definition) is 3. The number of hydrogen-bond donors (Lipinski definition) is 1. The van der Waals surface area contributed by atoms with Crippen LogP contribution in [0.15, 0.2) is 47.8 Å². The summed E-state index contributed by atoms with van der Waals surface area (Å²) in [6, 6.07) is 14.6. The van der Waals surface area contributed by atoms with Crippen molar-refractivity contribution in [3.05, 3.63) is 58.3 Å². The van der Waals surface area contributed by atoms with Crippen molar-refractivity contribution in [3.63, 3.8) is 0 Å². The molecular weight excluding hydrogens is 294 g/mol. The lowest BCUT2D eigenvalue weighted by Crippen LogP contribution is -2.51. The molecule has 0 saturated carbocycles. The van der Waals surface area contributed by atoms with Gasteiger partial charge in [0, 0.05) is 37.6 Å². The summed E-state index contributed by atoms with van der Waals surface area (Å²) in [6.07, 6.45) is 0. The van der Waals surface area contributed by atoms with Gasteiger partial charge in [-0.2, -0.15) is 0 Å². The second kappa shape index (κ2) is 7.42. The molecule has 1 aromatic heterocycles. The molecule has 0 unspecified atom stereocenters. The third-order valence-electron chi connectivity index (χ3n) is 3.90. The Hall–Kier alpha value is -1.85. The van der Waals surface area contributed by atoms with Crippen LogP contribution in [0.1, 0.15) is 10.4 Å². The molecule has 1 fully saturated rings. The second-order valence-corrected chi connectivity index (χ2v) is 6.52. The predicted molar refractivity (Wildman–Crippen MR) is 89.8 cm³/mol. The number of urea groups is 1. The van der Waals surface area contributed by atoms with Crippen molar-refractivity contribution >= 4 is 17.4 Å². The highest BCUT2D eigenvalue weighted by molar-refractivity contribution is 7.09. The van der Waals surface area contributed by atoms with E-state index in [1.807, 2.05) is 28.5 Å². The van der Waals surface area contributed by atoms with Crippen molar-refractivity contribution < 1.29 is 4.79 Å². The summed E-state index contributed by atoms with van der Waals surface area (Å²) in [4.78, 5) is 17.7. The zero-order chi connectivity index (χ0) is 15.2. The Morgan fingerprint density at radius 2 is 1.82 bits per heavy atom. The molecular formula is C17H21N3OS. The first-order chi connectivity index (χ1) is 10.8. The van der Waals surface area contributed by atoms with Crippen LogP contribution in [-0.4, -0.2) is 42.0 Å². The summed E-state index contributed by atoms with van der Waals surface area (Å²) < 4.78 is 0. The molecule has 5 heteroatoms. The highest BCUT2D eigenvalue weighted by atomic mass is 32.1. The van der Waals surface area contributed by atoms with E-state index in [2.05, 4.69) is 34.5 Å². The van der Waals surface area contributed by atoms with Crippen LogP contribution in [0.2, 0.25) is 0 Å². The Bertz CT molecular complexity index is 577. The molecule has 0 spiro atoms. The molecule has 0 aliphatic carbocycles. The Labute approximate surface area is 135 Å². The molecule has 4 nitrogen and oxygen atoms in total. The van der Waals surface area contributed by atoms with Crippen LogP contribution in [0.3, 0.4) is 0 Å². The monoisotopic (exact) mass is 315 g/mol. The van der Waals surface area contributed by atoms with Gasteiger partial charge < -0.3 is 10.2 Å². The Morgan fingerprint density at radius 1 is 1.05 bits per heavy atom. The van der Waals surface area contributed by atoms with Gasteiger partial charge in [-0.3, -0.25) is 4.90 Å². The van der Waals surface area contributed by atoms with Crippen LogP contribution < -0.4 is 5.32 Å². The molecule has 0 radical (unpaired) electrons. The first-order valence-corrected chi connectivity index (χ1v) is 8.51. The maximum Gasteiger partial charge on any atom is 0.317 e. The fraction of sp³-hybridized carbons (Fsp3) is 0.353. The van der Waals surface area contributed by atoms with E-state index in [4.69, 9.17) is 0 Å². The van der Waals surface area contributed by atoms with Gasteiger partial charge in [-0.05, 0) is 17.0 Å². The highest BCUT2D eigenvalue weighted by Gasteiger charge is 2.20. The lowest BCUT2D eigenvalue weighted by Gasteiger charge is -2.34. The van der Waals surface area contributed by atoms with Crippen LogP contribution in [-0.2, 0) is 13.1 Å². The molecule has 3 rings (SSSR count). The van der Waals surface area contributed by atoms with E-state index in [0.29, 0.717) is 6.54 Å². The molecule has 1 aliphatic heterocycles. The van der Waals surface area contributed by atoms with Gasteiger partial charge in [-0.25, -0.2) is 4.79 Å². The Balaban J connectivity index is 1.42. The standard InChI is InChI=1S/C17H21N3OS/c21-17(18-13-16-7-4-12-22-16)20-10-8-19(9-11-20)14-15-5-2-1-3-6-15/h1-7,12H,8-11,13-14H2,(H,18,21). The summed E-state index contributed by atoms with van der Waals surface area (Å²) in [6.45, 7) is 5.04. The molecule has 1 saturated heterocycles. The van der Waals surface area contributed by atoms with Crippen molar-refractivity contribution in [1.82, 2.24) is 15.1 Å². The van der Waals surface area contributed by atoms with E-state index in [1.54, 1.807) is 11.3 Å². The lowest BCUT2D eigenvalue weighted by atomic mass is 10.2. The van der Waals surface area contributed by atoms with E-state index in [0.717, 1.165) is 32.7 Å². The van der Waals surface area contributed by atoms with Gasteiger partial charge in [0.05, 0.1) is 6.54 Å². The summed E-state index contributed by atoms with van der Waals surface area (Å²) in [5, 5.41) is 5.03. The minimum Gasteiger partial charge on any atom is -0.333 e. The molecule has 1 N–H and O–H groups in total. The quantitative estimate of drug-likeness (QED) is 0.942. The molecule has 1 aromatic carbocycles. The predicted octanol–water partition coefficient (Wildman–Crippen LogP) is 2.78. The zero-order valence-corrected chi connectivity index (χ0v) is 13.4. The summed E-state index contributed by atoms with van der Waals surface area (Å²) in [5.74, 6) is 0. The third kappa shape index (κ3) is 4.08. The maximum absolute atomic E-state index is 12.2. The molecule has 1 aliphatic rings. The number of amides is 2. The largest absolute Gasteiger partial charge is 0.333 e. The molecule has 0 atom stereocenters. The normalized spacial score (nSPS) is 15.7. The van der Waals surface area contributed by atoms with Gasteiger partial charge in [0.2, 0.25) is 0 Å². The van der Waals surface area contributed by atoms with Gasteiger partial charge >= 0.3 is 6.03 Å². The van der Waals surface area contributed by atoms with Crippen molar-refractivity contribution in [1.29, 1.82) is 0 Å². The number of benzene rings is 1. The summed E-state index contributed by atoms with van der Waals surface area (Å²) in [5.41, 5.74) is 1.33. The molecule has 116 valence electrons. The molecule has 2 heterocycles.